The van der Waals surface area contributed by atoms with E-state index in [2.05, 4.69) is 4.57 Å². The number of aromatic nitrogens is 1. The van der Waals surface area contributed by atoms with Crippen LogP contribution in [0.4, 0.5) is 17.1 Å². The number of carbonyl (C=O) groups is 1. The number of hydrogen-bond donors (Lipinski definition) is 1. The molecule has 0 radical (unpaired) electrons. The van der Waals surface area contributed by atoms with Crippen molar-refractivity contribution in [2.45, 2.75) is 12.6 Å². The van der Waals surface area contributed by atoms with Crippen molar-refractivity contribution in [3.05, 3.63) is 150 Å². The van der Waals surface area contributed by atoms with E-state index in [0.29, 0.717) is 11.3 Å². The van der Waals surface area contributed by atoms with Crippen LogP contribution in [0, 0.1) is 30.3 Å². The van der Waals surface area contributed by atoms with Gasteiger partial charge in [-0.3, -0.25) is 30.3 Å². The van der Waals surface area contributed by atoms with Gasteiger partial charge in [-0.2, -0.15) is 0 Å². The van der Waals surface area contributed by atoms with Gasteiger partial charge >= 0.3 is 5.97 Å². The summed E-state index contributed by atoms with van der Waals surface area (Å²) in [5.74, 6) is -0.544. The number of benzene rings is 5. The minimum Gasteiger partial charge on any atom is -0.491 e. The zero-order chi connectivity index (χ0) is 36.0. The fraction of sp³-hybridized carbons (Fsp3) is 0.108. The summed E-state index contributed by atoms with van der Waals surface area (Å²) in [5, 5.41) is 49.0. The fourth-order valence-corrected chi connectivity index (χ4v) is 6.60. The Morgan fingerprint density at radius 3 is 1.92 bits per heavy atom. The molecule has 0 spiro atoms. The van der Waals surface area contributed by atoms with E-state index in [-0.39, 0.29) is 46.5 Å². The predicted octanol–water partition coefficient (Wildman–Crippen LogP) is 7.31. The quantitative estimate of drug-likeness (QED) is 0.0867. The number of rotatable bonds is 10. The van der Waals surface area contributed by atoms with Crippen LogP contribution >= 0.6 is 0 Å². The van der Waals surface area contributed by atoms with Crippen molar-refractivity contribution in [3.63, 3.8) is 0 Å². The average Bonchev–Trinajstić information content (AvgIpc) is 3.62. The molecular formula is C37H26N4O10. The first-order chi connectivity index (χ1) is 24.5. The van der Waals surface area contributed by atoms with Crippen molar-refractivity contribution in [1.82, 2.24) is 4.57 Å². The lowest BCUT2D eigenvalue weighted by Crippen LogP contribution is -2.23. The van der Waals surface area contributed by atoms with Crippen molar-refractivity contribution in [3.8, 4) is 16.9 Å². The molecule has 1 heterocycles. The predicted molar refractivity (Wildman–Crippen MR) is 188 cm³/mol. The van der Waals surface area contributed by atoms with Crippen LogP contribution in [0.2, 0.25) is 0 Å². The van der Waals surface area contributed by atoms with Gasteiger partial charge in [0, 0.05) is 51.1 Å². The number of nitro benzene ring substituents is 3. The molecule has 0 bridgehead atoms. The van der Waals surface area contributed by atoms with E-state index in [1.54, 1.807) is 30.3 Å². The number of non-ortho nitro benzene ring substituents is 2. The van der Waals surface area contributed by atoms with Crippen LogP contribution in [0.3, 0.4) is 0 Å². The Balaban J connectivity index is 1.22. The molecule has 0 aliphatic heterocycles. The van der Waals surface area contributed by atoms with Crippen molar-refractivity contribution in [2.24, 2.45) is 0 Å². The number of methoxy groups -OCH3 is 1. The summed E-state index contributed by atoms with van der Waals surface area (Å²) in [6.45, 7) is 0.268. The topological polar surface area (TPSA) is 190 Å². The lowest BCUT2D eigenvalue weighted by atomic mass is 9.96. The lowest BCUT2D eigenvalue weighted by Gasteiger charge is -2.15. The second kappa shape index (κ2) is 12.8. The van der Waals surface area contributed by atoms with Crippen molar-refractivity contribution >= 4 is 56.5 Å². The van der Waals surface area contributed by atoms with Gasteiger partial charge in [-0.25, -0.2) is 4.79 Å². The normalized spacial score (nSPS) is 13.2. The molecule has 14 heteroatoms. The Labute approximate surface area is 287 Å². The summed E-state index contributed by atoms with van der Waals surface area (Å²) in [5.41, 5.74) is 0.726. The van der Waals surface area contributed by atoms with E-state index in [4.69, 9.17) is 9.47 Å². The van der Waals surface area contributed by atoms with Crippen LogP contribution in [0.1, 0.15) is 27.0 Å². The minimum absolute atomic E-state index is 0.00696. The smallest absolute Gasteiger partial charge is 0.338 e. The Morgan fingerprint density at radius 1 is 0.784 bits per heavy atom. The maximum Gasteiger partial charge on any atom is 0.338 e. The molecule has 6 aromatic rings. The monoisotopic (exact) mass is 686 g/mol. The van der Waals surface area contributed by atoms with Gasteiger partial charge in [-0.15, -0.1) is 0 Å². The van der Waals surface area contributed by atoms with E-state index >= 15 is 0 Å². The summed E-state index contributed by atoms with van der Waals surface area (Å²) in [4.78, 5) is 46.4. The number of aliphatic hydroxyl groups excluding tert-OH is 1. The second-order valence-corrected chi connectivity index (χ2v) is 11.8. The highest BCUT2D eigenvalue weighted by atomic mass is 16.6. The highest BCUT2D eigenvalue weighted by Crippen LogP contribution is 2.53. The zero-order valence-corrected chi connectivity index (χ0v) is 26.7. The number of para-hydroxylation sites is 2. The van der Waals surface area contributed by atoms with Crippen LogP contribution in [0.25, 0.3) is 44.6 Å². The molecule has 5 aromatic carbocycles. The van der Waals surface area contributed by atoms with E-state index in [9.17, 15) is 40.2 Å². The number of nitro groups is 3. The second-order valence-electron chi connectivity index (χ2n) is 11.8. The molecule has 1 unspecified atom stereocenters. The largest absolute Gasteiger partial charge is 0.491 e. The van der Waals surface area contributed by atoms with Crippen LogP contribution in [0.15, 0.2) is 97.1 Å². The molecule has 254 valence electrons. The highest BCUT2D eigenvalue weighted by Gasteiger charge is 2.38. The zero-order valence-electron chi connectivity index (χ0n) is 26.7. The SMILES string of the molecule is COC(=O)c1cc([N+](=O)[O-])cc2c1-c1c(cc([N+](=O)[O-])cc1[N+](=O)[O-])/C2=C/c1ccc(OCC(O)Cn2c3ccccc3c3ccccc32)cc1. The number of ether oxygens (including phenoxy) is 2. The van der Waals surface area contributed by atoms with E-state index in [1.165, 1.54) is 6.07 Å². The molecule has 0 saturated heterocycles. The van der Waals surface area contributed by atoms with E-state index < -0.39 is 43.9 Å². The molecular weight excluding hydrogens is 660 g/mol. The fourth-order valence-electron chi connectivity index (χ4n) is 6.60. The summed E-state index contributed by atoms with van der Waals surface area (Å²) >= 11 is 0. The molecule has 1 N–H and O–H groups in total. The van der Waals surface area contributed by atoms with E-state index in [0.717, 1.165) is 47.1 Å². The summed E-state index contributed by atoms with van der Waals surface area (Å²) in [6, 6.07) is 26.6. The van der Waals surface area contributed by atoms with Crippen LogP contribution < -0.4 is 4.74 Å². The molecule has 1 aliphatic carbocycles. The van der Waals surface area contributed by atoms with Gasteiger partial charge < -0.3 is 19.1 Å². The number of carbonyl (C=O) groups excluding carboxylic acids is 1. The minimum atomic E-state index is -0.975. The Kier molecular flexibility index (Phi) is 8.21. The molecule has 14 nitrogen and oxygen atoms in total. The molecule has 0 saturated carbocycles. The molecule has 1 aliphatic rings. The molecule has 1 atom stereocenters. The van der Waals surface area contributed by atoms with Gasteiger partial charge in [0.25, 0.3) is 17.1 Å². The van der Waals surface area contributed by atoms with Gasteiger partial charge in [0.05, 0.1) is 45.6 Å². The summed E-state index contributed by atoms with van der Waals surface area (Å²) in [7, 11) is 1.07. The van der Waals surface area contributed by atoms with Gasteiger partial charge in [-0.05, 0) is 47.0 Å². The van der Waals surface area contributed by atoms with E-state index in [1.807, 2.05) is 48.5 Å². The van der Waals surface area contributed by atoms with Gasteiger partial charge in [-0.1, -0.05) is 48.5 Å². The number of fused-ring (bicyclic) bond motifs is 6. The summed E-state index contributed by atoms with van der Waals surface area (Å²) in [6.07, 6.45) is 0.702. The maximum absolute atomic E-state index is 12.9. The van der Waals surface area contributed by atoms with Crippen molar-refractivity contribution in [2.75, 3.05) is 13.7 Å². The first kappa shape index (κ1) is 32.6. The first-order valence-electron chi connectivity index (χ1n) is 15.5. The first-order valence-corrected chi connectivity index (χ1v) is 15.5. The van der Waals surface area contributed by atoms with Gasteiger partial charge in [0.1, 0.15) is 18.5 Å². The Morgan fingerprint density at radius 2 is 1.35 bits per heavy atom. The third-order valence-electron chi connectivity index (χ3n) is 8.79. The van der Waals surface area contributed by atoms with Crippen molar-refractivity contribution < 1.29 is 34.1 Å². The molecule has 0 fully saturated rings. The van der Waals surface area contributed by atoms with Crippen LogP contribution in [-0.2, 0) is 11.3 Å². The highest BCUT2D eigenvalue weighted by molar-refractivity contribution is 6.15. The Bertz CT molecular complexity index is 2420. The Hall–Kier alpha value is -6.93. The standard InChI is InChI=1S/C37H26N4O10/c1-50-37(43)31-17-22(39(44)45)15-29-28(30-16-23(40(46)47)18-34(41(48)49)36(30)35(29)31)14-21-10-12-25(13-11-21)51-20-24(42)19-38-32-8-4-2-6-26(32)27-7-3-5-9-33(27)38/h2-18,24,42H,19-20H2,1H3/b28-14+. The third-order valence-corrected chi connectivity index (χ3v) is 8.79. The maximum atomic E-state index is 12.9. The van der Waals surface area contributed by atoms with Gasteiger partial charge in [0.15, 0.2) is 0 Å². The van der Waals surface area contributed by atoms with Crippen LogP contribution in [-0.4, -0.2) is 50.2 Å². The number of nitrogens with zero attached hydrogens (tertiary/aromatic N) is 4. The molecule has 1 aromatic heterocycles. The molecule has 7 rings (SSSR count). The summed E-state index contributed by atoms with van der Waals surface area (Å²) < 4.78 is 12.8. The molecule has 51 heavy (non-hydrogen) atoms. The van der Waals surface area contributed by atoms with Crippen LogP contribution in [0.5, 0.6) is 5.75 Å². The molecule has 0 amide bonds. The number of esters is 1. The van der Waals surface area contributed by atoms with Crippen molar-refractivity contribution in [1.29, 1.82) is 0 Å². The third kappa shape index (κ3) is 5.78. The number of aliphatic hydroxyl groups is 1. The number of hydrogen-bond acceptors (Lipinski definition) is 10. The average molecular weight is 687 g/mol. The van der Waals surface area contributed by atoms with Gasteiger partial charge in [0.2, 0.25) is 0 Å². The lowest BCUT2D eigenvalue weighted by molar-refractivity contribution is -0.393.